The molecule has 1 aromatic carbocycles. The predicted octanol–water partition coefficient (Wildman–Crippen LogP) is 3.47. The molecular weight excluding hydrogens is 502 g/mol. The van der Waals surface area contributed by atoms with Crippen LogP contribution in [0.5, 0.6) is 0 Å². The van der Waals surface area contributed by atoms with Crippen LogP contribution in [0.1, 0.15) is 38.1 Å². The van der Waals surface area contributed by atoms with E-state index in [-0.39, 0.29) is 11.7 Å². The number of nitriles is 1. The maximum absolute atomic E-state index is 12.0. The number of anilines is 3. The molecule has 2 aromatic heterocycles. The van der Waals surface area contributed by atoms with Crippen LogP contribution in [0.3, 0.4) is 0 Å². The van der Waals surface area contributed by atoms with E-state index in [1.165, 1.54) is 25.0 Å². The Bertz CT molecular complexity index is 1460. The van der Waals surface area contributed by atoms with Gasteiger partial charge in [0.2, 0.25) is 16.0 Å². The van der Waals surface area contributed by atoms with E-state index in [9.17, 15) is 22.1 Å². The molecule has 0 spiro atoms. The molecule has 4 rings (SSSR count). The van der Waals surface area contributed by atoms with E-state index < -0.39 is 24.9 Å². The minimum atomic E-state index is -4.02. The third kappa shape index (κ3) is 6.79. The van der Waals surface area contributed by atoms with Gasteiger partial charge < -0.3 is 5.32 Å². The summed E-state index contributed by atoms with van der Waals surface area (Å²) in [6.07, 6.45) is 11.2. The molecule has 2 N–H and O–H groups in total. The van der Waals surface area contributed by atoms with Crippen molar-refractivity contribution in [3.63, 3.8) is 0 Å². The van der Waals surface area contributed by atoms with Crippen molar-refractivity contribution in [2.75, 3.05) is 21.4 Å². The van der Waals surface area contributed by atoms with Gasteiger partial charge in [0.25, 0.3) is 0 Å². The number of hydrogen-bond donors (Lipinski definition) is 2. The maximum atomic E-state index is 12.0. The van der Waals surface area contributed by atoms with E-state index in [1.54, 1.807) is 30.6 Å². The summed E-state index contributed by atoms with van der Waals surface area (Å²) in [6, 6.07) is 10.4. The quantitative estimate of drug-likeness (QED) is 0.401. The van der Waals surface area contributed by atoms with Gasteiger partial charge in [0, 0.05) is 35.6 Å². The molecule has 190 valence electrons. The summed E-state index contributed by atoms with van der Waals surface area (Å²) in [7, 11) is -7.71. The Morgan fingerprint density at radius 3 is 2.47 bits per heavy atom. The SMILES string of the molecule is CS(=O)(=O)CS(=O)(=O)Nc1ccc(Nc2nccc(-c3cnn(C(CC#N)C4CCCC4)c3)n2)cc1. The molecule has 0 aliphatic heterocycles. The highest BCUT2D eigenvalue weighted by Gasteiger charge is 2.27. The third-order valence-electron chi connectivity index (χ3n) is 5.92. The molecule has 1 aliphatic rings. The molecule has 2 heterocycles. The van der Waals surface area contributed by atoms with Crippen molar-refractivity contribution in [1.29, 1.82) is 5.26 Å². The van der Waals surface area contributed by atoms with Crippen LogP contribution in [0.25, 0.3) is 11.3 Å². The Labute approximate surface area is 210 Å². The minimum Gasteiger partial charge on any atom is -0.324 e. The molecule has 11 nitrogen and oxygen atoms in total. The average Bonchev–Trinajstić information content (AvgIpc) is 3.50. The molecule has 0 amide bonds. The summed E-state index contributed by atoms with van der Waals surface area (Å²) in [5.41, 5.74) is 2.34. The summed E-state index contributed by atoms with van der Waals surface area (Å²) >= 11 is 0. The number of sulfone groups is 1. The summed E-state index contributed by atoms with van der Waals surface area (Å²) in [4.78, 5) is 8.80. The van der Waals surface area contributed by atoms with Crippen LogP contribution in [-0.4, -0.2) is 47.9 Å². The molecule has 0 bridgehead atoms. The molecule has 0 saturated heterocycles. The van der Waals surface area contributed by atoms with Crippen LogP contribution < -0.4 is 10.0 Å². The number of nitrogens with zero attached hydrogens (tertiary/aromatic N) is 5. The first kappa shape index (κ1) is 25.6. The highest BCUT2D eigenvalue weighted by atomic mass is 32.3. The maximum Gasteiger partial charge on any atom is 0.247 e. The van der Waals surface area contributed by atoms with Crippen molar-refractivity contribution in [1.82, 2.24) is 19.7 Å². The number of rotatable bonds is 10. The van der Waals surface area contributed by atoms with Gasteiger partial charge in [0.1, 0.15) is 0 Å². The fraction of sp³-hybridized carbons (Fsp3) is 0.391. The summed E-state index contributed by atoms with van der Waals surface area (Å²) in [5, 5.41) is 15.9. The van der Waals surface area contributed by atoms with Crippen LogP contribution in [0.2, 0.25) is 0 Å². The smallest absolute Gasteiger partial charge is 0.247 e. The van der Waals surface area contributed by atoms with Gasteiger partial charge in [-0.3, -0.25) is 9.40 Å². The van der Waals surface area contributed by atoms with E-state index >= 15 is 0 Å². The van der Waals surface area contributed by atoms with E-state index in [0.29, 0.717) is 29.7 Å². The highest BCUT2D eigenvalue weighted by molar-refractivity contribution is 8.08. The molecule has 1 unspecified atom stereocenters. The second-order valence-electron chi connectivity index (χ2n) is 8.91. The number of nitrogens with one attached hydrogen (secondary N) is 2. The lowest BCUT2D eigenvalue weighted by molar-refractivity contribution is 0.315. The number of hydrogen-bond acceptors (Lipinski definition) is 9. The summed E-state index contributed by atoms with van der Waals surface area (Å²) in [6.45, 7) is 0. The third-order valence-corrected chi connectivity index (χ3v) is 9.42. The van der Waals surface area contributed by atoms with E-state index in [4.69, 9.17) is 0 Å². The van der Waals surface area contributed by atoms with Crippen molar-refractivity contribution in [3.05, 3.63) is 48.9 Å². The topological polar surface area (TPSA) is 160 Å². The number of sulfonamides is 1. The average molecular weight is 530 g/mol. The van der Waals surface area contributed by atoms with Crippen molar-refractivity contribution < 1.29 is 16.8 Å². The fourth-order valence-corrected chi connectivity index (χ4v) is 7.37. The first-order valence-electron chi connectivity index (χ1n) is 11.4. The van der Waals surface area contributed by atoms with Crippen LogP contribution in [0.4, 0.5) is 17.3 Å². The van der Waals surface area contributed by atoms with Gasteiger partial charge in [0.15, 0.2) is 14.9 Å². The minimum absolute atomic E-state index is 0.0547. The molecule has 1 aliphatic carbocycles. The Morgan fingerprint density at radius 1 is 1.11 bits per heavy atom. The Morgan fingerprint density at radius 2 is 1.81 bits per heavy atom. The lowest BCUT2D eigenvalue weighted by atomic mass is 9.96. The highest BCUT2D eigenvalue weighted by Crippen LogP contribution is 2.36. The van der Waals surface area contributed by atoms with Gasteiger partial charge in [0.05, 0.1) is 30.4 Å². The predicted molar refractivity (Wildman–Crippen MR) is 136 cm³/mol. The van der Waals surface area contributed by atoms with Crippen molar-refractivity contribution in [2.24, 2.45) is 5.92 Å². The fourth-order valence-electron chi connectivity index (χ4n) is 4.38. The molecule has 1 atom stereocenters. The summed E-state index contributed by atoms with van der Waals surface area (Å²) in [5.74, 6) is 0.800. The standard InChI is InChI=1S/C23H27N7O4S2/c1-35(31,32)16-36(33,34)29-20-8-6-19(7-9-20)27-23-25-13-11-21(28-23)18-14-26-30(15-18)22(10-12-24)17-4-2-3-5-17/h6-9,11,13-15,17,22,29H,2-5,10,16H2,1H3,(H,25,27,28). The van der Waals surface area contributed by atoms with Gasteiger partial charge in [-0.2, -0.15) is 10.4 Å². The first-order chi connectivity index (χ1) is 17.1. The monoisotopic (exact) mass is 529 g/mol. The van der Waals surface area contributed by atoms with E-state index in [1.807, 2.05) is 10.9 Å². The Kier molecular flexibility index (Phi) is 7.56. The lowest BCUT2D eigenvalue weighted by Gasteiger charge is -2.21. The lowest BCUT2D eigenvalue weighted by Crippen LogP contribution is -2.22. The van der Waals surface area contributed by atoms with Crippen LogP contribution in [0.15, 0.2) is 48.9 Å². The van der Waals surface area contributed by atoms with Gasteiger partial charge in [-0.25, -0.2) is 26.8 Å². The molecule has 36 heavy (non-hydrogen) atoms. The Hall–Kier alpha value is -3.50. The first-order valence-corrected chi connectivity index (χ1v) is 15.1. The van der Waals surface area contributed by atoms with Crippen LogP contribution in [-0.2, 0) is 19.9 Å². The largest absolute Gasteiger partial charge is 0.324 e. The zero-order valence-corrected chi connectivity index (χ0v) is 21.3. The van der Waals surface area contributed by atoms with Gasteiger partial charge in [-0.15, -0.1) is 0 Å². The normalized spacial score (nSPS) is 15.3. The summed E-state index contributed by atoms with van der Waals surface area (Å²) < 4.78 is 50.6. The van der Waals surface area contributed by atoms with Crippen molar-refractivity contribution in [2.45, 2.75) is 38.1 Å². The second-order valence-corrected chi connectivity index (χ2v) is 13.1. The molecule has 3 aromatic rings. The zero-order valence-electron chi connectivity index (χ0n) is 19.7. The second kappa shape index (κ2) is 10.6. The molecule has 1 saturated carbocycles. The van der Waals surface area contributed by atoms with Crippen LogP contribution >= 0.6 is 0 Å². The molecule has 13 heteroatoms. The number of benzene rings is 1. The number of aromatic nitrogens is 4. The van der Waals surface area contributed by atoms with Gasteiger partial charge in [-0.1, -0.05) is 12.8 Å². The molecule has 1 fully saturated rings. The van der Waals surface area contributed by atoms with Crippen LogP contribution in [0, 0.1) is 17.2 Å². The molecular formula is C23H27N7O4S2. The van der Waals surface area contributed by atoms with E-state index in [2.05, 4.69) is 31.2 Å². The van der Waals surface area contributed by atoms with Crippen molar-refractivity contribution in [3.8, 4) is 17.3 Å². The van der Waals surface area contributed by atoms with Gasteiger partial charge in [-0.05, 0) is 49.1 Å². The Balaban J connectivity index is 1.45. The zero-order chi connectivity index (χ0) is 25.8. The van der Waals surface area contributed by atoms with Crippen molar-refractivity contribution >= 4 is 37.2 Å². The van der Waals surface area contributed by atoms with E-state index in [0.717, 1.165) is 24.7 Å². The molecule has 0 radical (unpaired) electrons. The van der Waals surface area contributed by atoms with Gasteiger partial charge >= 0.3 is 0 Å².